The Morgan fingerprint density at radius 1 is 1.50 bits per heavy atom. The van der Waals surface area contributed by atoms with Gasteiger partial charge in [-0.1, -0.05) is 0 Å². The Morgan fingerprint density at radius 3 is 2.56 bits per heavy atom. The minimum absolute atomic E-state index is 0.0953. The number of nitrogens with one attached hydrogen (secondary N) is 1. The summed E-state index contributed by atoms with van der Waals surface area (Å²) < 4.78 is 16.4. The molecule has 0 aliphatic heterocycles. The van der Waals surface area contributed by atoms with Crippen LogP contribution in [0.15, 0.2) is 0 Å². The van der Waals surface area contributed by atoms with Crippen molar-refractivity contribution in [3.05, 3.63) is 0 Å². The first-order valence-electron chi connectivity index (χ1n) is 4.90. The third-order valence-corrected chi connectivity index (χ3v) is 3.01. The van der Waals surface area contributed by atoms with Crippen molar-refractivity contribution in [3.63, 3.8) is 0 Å². The molecule has 0 bridgehead atoms. The average molecular weight is 251 g/mol. The first-order chi connectivity index (χ1) is 7.47. The first-order valence-corrected chi connectivity index (χ1v) is 6.38. The second kappa shape index (κ2) is 8.23. The molecular weight excluding hydrogens is 234 g/mol. The molecule has 94 valence electrons. The van der Waals surface area contributed by atoms with E-state index in [2.05, 4.69) is 5.32 Å². The highest BCUT2D eigenvalue weighted by molar-refractivity contribution is 7.85. The van der Waals surface area contributed by atoms with E-state index in [-0.39, 0.29) is 11.5 Å². The average Bonchev–Trinajstić information content (AvgIpc) is 2.16. The molecule has 0 saturated carbocycles. The first kappa shape index (κ1) is 15.0. The van der Waals surface area contributed by atoms with E-state index in [9.17, 15) is 13.8 Å². The molecule has 0 aromatic carbocycles. The monoisotopic (exact) mass is 251 g/mol. The predicted octanol–water partition coefficient (Wildman–Crippen LogP) is -0.639. The summed E-state index contributed by atoms with van der Waals surface area (Å²) in [4.78, 5) is 21.4. The summed E-state index contributed by atoms with van der Waals surface area (Å²) in [7, 11) is -1.31. The van der Waals surface area contributed by atoms with Crippen molar-refractivity contribution in [2.45, 2.75) is 19.9 Å². The third kappa shape index (κ3) is 7.36. The van der Waals surface area contributed by atoms with Gasteiger partial charge in [0.15, 0.2) is 0 Å². The van der Waals surface area contributed by atoms with Gasteiger partial charge in [0.1, 0.15) is 6.04 Å². The van der Waals surface area contributed by atoms with Crippen molar-refractivity contribution in [2.24, 2.45) is 0 Å². The highest BCUT2D eigenvalue weighted by atomic mass is 32.2. The van der Waals surface area contributed by atoms with Gasteiger partial charge in [-0.05, 0) is 6.92 Å². The fourth-order valence-corrected chi connectivity index (χ4v) is 2.05. The van der Waals surface area contributed by atoms with Gasteiger partial charge in [-0.2, -0.15) is 0 Å². The summed E-state index contributed by atoms with van der Waals surface area (Å²) in [5, 5.41) is 11.0. The van der Waals surface area contributed by atoms with Gasteiger partial charge in [-0.25, -0.2) is 4.79 Å². The van der Waals surface area contributed by atoms with Gasteiger partial charge < -0.3 is 15.2 Å². The quantitative estimate of drug-likeness (QED) is 0.560. The van der Waals surface area contributed by atoms with Crippen molar-refractivity contribution in [1.82, 2.24) is 5.32 Å². The smallest absolute Gasteiger partial charge is 0.327 e. The summed E-state index contributed by atoms with van der Waals surface area (Å²) >= 11 is 0. The van der Waals surface area contributed by atoms with Crippen LogP contribution in [0.3, 0.4) is 0 Å². The van der Waals surface area contributed by atoms with Crippen LogP contribution in [-0.2, 0) is 25.1 Å². The van der Waals surface area contributed by atoms with Crippen molar-refractivity contribution in [2.75, 3.05) is 24.7 Å². The van der Waals surface area contributed by atoms with E-state index in [0.717, 1.165) is 0 Å². The molecule has 16 heavy (non-hydrogen) atoms. The Bertz CT molecular complexity index is 269. The topological polar surface area (TPSA) is 92.7 Å². The molecule has 0 rings (SSSR count). The zero-order valence-electron chi connectivity index (χ0n) is 9.39. The van der Waals surface area contributed by atoms with Crippen molar-refractivity contribution in [3.8, 4) is 0 Å². The largest absolute Gasteiger partial charge is 0.480 e. The van der Waals surface area contributed by atoms with E-state index in [0.29, 0.717) is 13.2 Å². The number of carbonyl (C=O) groups excluding carboxylic acids is 1. The van der Waals surface area contributed by atoms with Crippen LogP contribution < -0.4 is 5.32 Å². The Balaban J connectivity index is 4.03. The molecular formula is C9H17NO5S. The van der Waals surface area contributed by atoms with Crippen molar-refractivity contribution in [1.29, 1.82) is 0 Å². The fourth-order valence-electron chi connectivity index (χ4n) is 0.985. The van der Waals surface area contributed by atoms with Crippen molar-refractivity contribution >= 4 is 22.7 Å². The maximum atomic E-state index is 11.4. The lowest BCUT2D eigenvalue weighted by Crippen LogP contribution is -2.43. The number of carboxylic acid groups (broad SMARTS) is 1. The molecule has 0 aliphatic carbocycles. The SMILES string of the molecule is CCOCCS(=O)C[C@H](NC(C)=O)C(=O)O. The minimum atomic E-state index is -1.31. The number of aliphatic carboxylic acids is 1. The molecule has 6 nitrogen and oxygen atoms in total. The summed E-state index contributed by atoms with van der Waals surface area (Å²) in [5.74, 6) is -1.45. The molecule has 0 saturated heterocycles. The molecule has 0 aromatic heterocycles. The van der Waals surface area contributed by atoms with Gasteiger partial charge in [0.05, 0.1) is 12.4 Å². The normalized spacial score (nSPS) is 14.1. The van der Waals surface area contributed by atoms with E-state index in [1.165, 1.54) is 6.92 Å². The Morgan fingerprint density at radius 2 is 2.12 bits per heavy atom. The molecule has 0 spiro atoms. The van der Waals surface area contributed by atoms with E-state index >= 15 is 0 Å². The summed E-state index contributed by atoms with van der Waals surface area (Å²) in [6.07, 6.45) is 0. The lowest BCUT2D eigenvalue weighted by Gasteiger charge is -2.12. The van der Waals surface area contributed by atoms with E-state index in [1.807, 2.05) is 6.92 Å². The zero-order valence-corrected chi connectivity index (χ0v) is 10.2. The van der Waals surface area contributed by atoms with Gasteiger partial charge in [-0.15, -0.1) is 0 Å². The number of hydrogen-bond donors (Lipinski definition) is 2. The van der Waals surface area contributed by atoms with Gasteiger partial charge >= 0.3 is 5.97 Å². The Hall–Kier alpha value is -0.950. The van der Waals surface area contributed by atoms with Gasteiger partial charge in [0.25, 0.3) is 0 Å². The molecule has 2 atom stereocenters. The van der Waals surface area contributed by atoms with Gasteiger partial charge in [0.2, 0.25) is 5.91 Å². The highest BCUT2D eigenvalue weighted by Crippen LogP contribution is 1.92. The number of rotatable bonds is 8. The summed E-state index contributed by atoms with van der Waals surface area (Å²) in [6.45, 7) is 3.90. The highest BCUT2D eigenvalue weighted by Gasteiger charge is 2.20. The van der Waals surface area contributed by atoms with E-state index < -0.39 is 28.7 Å². The van der Waals surface area contributed by atoms with Crippen LogP contribution in [0.5, 0.6) is 0 Å². The van der Waals surface area contributed by atoms with Crippen molar-refractivity contribution < 1.29 is 23.6 Å². The number of carbonyl (C=O) groups is 2. The molecule has 0 heterocycles. The molecule has 0 radical (unpaired) electrons. The zero-order chi connectivity index (χ0) is 12.6. The fraction of sp³-hybridized carbons (Fsp3) is 0.778. The second-order valence-electron chi connectivity index (χ2n) is 3.10. The lowest BCUT2D eigenvalue weighted by atomic mass is 10.3. The standard InChI is InChI=1S/C9H17NO5S/c1-3-15-4-5-16(14)6-8(9(12)13)10-7(2)11/h8H,3-6H2,1-2H3,(H,10,11)(H,12,13)/t8-,16?/m0/s1. The molecule has 0 fully saturated rings. The van der Waals surface area contributed by atoms with Gasteiger partial charge in [-0.3, -0.25) is 9.00 Å². The summed E-state index contributed by atoms with van der Waals surface area (Å²) in [6, 6.07) is -1.10. The van der Waals surface area contributed by atoms with Crippen LogP contribution >= 0.6 is 0 Å². The third-order valence-electron chi connectivity index (χ3n) is 1.69. The molecule has 0 aliphatic rings. The lowest BCUT2D eigenvalue weighted by molar-refractivity contribution is -0.140. The molecule has 1 unspecified atom stereocenters. The molecule has 0 aromatic rings. The second-order valence-corrected chi connectivity index (χ2v) is 4.72. The Labute approximate surface area is 96.8 Å². The van der Waals surface area contributed by atoms with Crippen LogP contribution in [0.25, 0.3) is 0 Å². The number of carboxylic acids is 1. The predicted molar refractivity (Wildman–Crippen MR) is 59.6 cm³/mol. The van der Waals surface area contributed by atoms with Crippen LogP contribution in [0.2, 0.25) is 0 Å². The molecule has 1 amide bonds. The van der Waals surface area contributed by atoms with E-state index in [1.54, 1.807) is 0 Å². The number of ether oxygens (including phenoxy) is 1. The van der Waals surface area contributed by atoms with Crippen LogP contribution in [0.1, 0.15) is 13.8 Å². The van der Waals surface area contributed by atoms with Crippen LogP contribution in [-0.4, -0.2) is 52.0 Å². The minimum Gasteiger partial charge on any atom is -0.480 e. The number of hydrogen-bond acceptors (Lipinski definition) is 4. The maximum absolute atomic E-state index is 11.4. The van der Waals surface area contributed by atoms with E-state index in [4.69, 9.17) is 9.84 Å². The molecule has 2 N–H and O–H groups in total. The Kier molecular flexibility index (Phi) is 7.74. The maximum Gasteiger partial charge on any atom is 0.327 e. The molecule has 7 heteroatoms. The van der Waals surface area contributed by atoms with Crippen LogP contribution in [0, 0.1) is 0 Å². The van der Waals surface area contributed by atoms with Crippen LogP contribution in [0.4, 0.5) is 0 Å². The van der Waals surface area contributed by atoms with Gasteiger partial charge in [0, 0.05) is 30.1 Å². The summed E-state index contributed by atoms with van der Waals surface area (Å²) in [5.41, 5.74) is 0. The number of amides is 1.